The number of carbonyl (C=O) groups excluding carboxylic acids is 2. The number of thioether (sulfide) groups is 1. The average molecular weight is 495 g/mol. The Morgan fingerprint density at radius 3 is 2.77 bits per heavy atom. The molecule has 4 heterocycles. The summed E-state index contributed by atoms with van der Waals surface area (Å²) in [6.45, 7) is 5.86. The highest BCUT2D eigenvalue weighted by Gasteiger charge is 2.36. The van der Waals surface area contributed by atoms with Gasteiger partial charge in [0.05, 0.1) is 25.2 Å². The van der Waals surface area contributed by atoms with E-state index in [1.165, 1.54) is 17.1 Å². The van der Waals surface area contributed by atoms with E-state index in [-0.39, 0.29) is 34.7 Å². The number of aryl methyl sites for hydroxylation is 1. The van der Waals surface area contributed by atoms with Gasteiger partial charge in [-0.05, 0) is 61.5 Å². The summed E-state index contributed by atoms with van der Waals surface area (Å²) < 4.78 is 21.0. The summed E-state index contributed by atoms with van der Waals surface area (Å²) in [5.74, 6) is -1.05. The maximum atomic E-state index is 13.8. The van der Waals surface area contributed by atoms with E-state index >= 15 is 0 Å². The minimum absolute atomic E-state index is 0.0709. The van der Waals surface area contributed by atoms with Crippen molar-refractivity contribution in [1.29, 1.82) is 5.41 Å². The van der Waals surface area contributed by atoms with Gasteiger partial charge in [0.1, 0.15) is 10.9 Å². The van der Waals surface area contributed by atoms with Crippen LogP contribution in [0.25, 0.3) is 11.8 Å². The van der Waals surface area contributed by atoms with Crippen molar-refractivity contribution in [1.82, 2.24) is 14.5 Å². The number of aromatic nitrogens is 1. The zero-order valence-electron chi connectivity index (χ0n) is 19.2. The molecule has 2 amide bonds. The first-order valence-electron chi connectivity index (χ1n) is 11.1. The molecule has 5 rings (SSSR count). The molecule has 2 aromatic rings. The van der Waals surface area contributed by atoms with Crippen LogP contribution in [0.3, 0.4) is 0 Å². The number of aliphatic imine (C=N–C) groups is 1. The normalized spacial score (nSPS) is 19.2. The van der Waals surface area contributed by atoms with Gasteiger partial charge in [0.2, 0.25) is 11.1 Å². The van der Waals surface area contributed by atoms with Gasteiger partial charge in [-0.3, -0.25) is 15.0 Å². The Bertz CT molecular complexity index is 1340. The highest BCUT2D eigenvalue weighted by atomic mass is 32.2. The van der Waals surface area contributed by atoms with E-state index in [1.54, 1.807) is 23.1 Å². The summed E-state index contributed by atoms with van der Waals surface area (Å²) in [6, 6.07) is 8.15. The van der Waals surface area contributed by atoms with Gasteiger partial charge in [-0.2, -0.15) is 15.1 Å². The molecule has 9 nitrogen and oxygen atoms in total. The summed E-state index contributed by atoms with van der Waals surface area (Å²) in [6.07, 6.45) is 1.69. The van der Waals surface area contributed by atoms with Gasteiger partial charge in [-0.25, -0.2) is 4.39 Å². The number of morpholine rings is 1. The van der Waals surface area contributed by atoms with Crippen molar-refractivity contribution >= 4 is 45.7 Å². The summed E-state index contributed by atoms with van der Waals surface area (Å²) in [4.78, 5) is 31.2. The largest absolute Gasteiger partial charge is 0.378 e. The van der Waals surface area contributed by atoms with E-state index < -0.39 is 5.91 Å². The van der Waals surface area contributed by atoms with Crippen LogP contribution in [0.2, 0.25) is 0 Å². The minimum atomic E-state index is -0.541. The van der Waals surface area contributed by atoms with E-state index in [1.807, 2.05) is 24.5 Å². The quantitative estimate of drug-likeness (QED) is 0.658. The van der Waals surface area contributed by atoms with Crippen molar-refractivity contribution in [2.24, 2.45) is 10.1 Å². The van der Waals surface area contributed by atoms with E-state index in [4.69, 9.17) is 10.1 Å². The molecule has 0 aliphatic carbocycles. The van der Waals surface area contributed by atoms with E-state index in [0.29, 0.717) is 37.0 Å². The van der Waals surface area contributed by atoms with Crippen LogP contribution in [0.1, 0.15) is 23.4 Å². The lowest BCUT2D eigenvalue weighted by Gasteiger charge is -2.26. The number of hydrazone groups is 1. The van der Waals surface area contributed by atoms with Crippen molar-refractivity contribution in [3.05, 3.63) is 58.7 Å². The Morgan fingerprint density at radius 1 is 1.26 bits per heavy atom. The predicted molar refractivity (Wildman–Crippen MR) is 132 cm³/mol. The van der Waals surface area contributed by atoms with E-state index in [9.17, 15) is 14.0 Å². The van der Waals surface area contributed by atoms with E-state index in [0.717, 1.165) is 28.7 Å². The Kier molecular flexibility index (Phi) is 6.12. The highest BCUT2D eigenvalue weighted by molar-refractivity contribution is 8.27. The summed E-state index contributed by atoms with van der Waals surface area (Å²) in [5.41, 5.74) is 3.14. The number of fused-ring (bicyclic) bond motifs is 1. The van der Waals surface area contributed by atoms with E-state index in [2.05, 4.69) is 10.1 Å². The molecule has 0 saturated carbocycles. The van der Waals surface area contributed by atoms with Crippen LogP contribution < -0.4 is 0 Å². The third-order valence-corrected chi connectivity index (χ3v) is 6.91. The first-order valence-corrected chi connectivity index (χ1v) is 11.9. The Balaban J connectivity index is 1.40. The van der Waals surface area contributed by atoms with Gasteiger partial charge in [0.25, 0.3) is 5.91 Å². The number of amidine groups is 2. The topological polar surface area (TPSA) is 103 Å². The lowest BCUT2D eigenvalue weighted by atomic mass is 10.1. The number of hydrogen-bond donors (Lipinski definition) is 1. The highest BCUT2D eigenvalue weighted by Crippen LogP contribution is 2.31. The number of benzene rings is 1. The number of rotatable bonds is 4. The third-order valence-electron chi connectivity index (χ3n) is 6.00. The fraction of sp³-hybridized carbons (Fsp3) is 0.292. The smallest absolute Gasteiger partial charge is 0.283 e. The number of carbonyl (C=O) groups is 2. The number of nitrogens with zero attached hydrogens (tertiary/aromatic N) is 5. The molecule has 1 aromatic heterocycles. The zero-order chi connectivity index (χ0) is 24.7. The Hall–Kier alpha value is -3.57. The van der Waals surface area contributed by atoms with Gasteiger partial charge < -0.3 is 14.2 Å². The number of ether oxygens (including phenoxy) is 1. The molecule has 1 N–H and O–H groups in total. The first kappa shape index (κ1) is 23.2. The molecular formula is C24H23FN6O3S. The van der Waals surface area contributed by atoms with Gasteiger partial charge in [0.15, 0.2) is 5.84 Å². The summed E-state index contributed by atoms with van der Waals surface area (Å²) in [7, 11) is 0. The fourth-order valence-electron chi connectivity index (χ4n) is 4.26. The molecular weight excluding hydrogens is 471 g/mol. The Labute approximate surface area is 205 Å². The molecule has 11 heteroatoms. The Morgan fingerprint density at radius 2 is 2.03 bits per heavy atom. The molecule has 0 radical (unpaired) electrons. The van der Waals surface area contributed by atoms with Gasteiger partial charge in [0, 0.05) is 30.2 Å². The number of halogens is 1. The van der Waals surface area contributed by atoms with Gasteiger partial charge in [-0.1, -0.05) is 6.07 Å². The number of nitrogens with one attached hydrogen (secondary N) is 1. The zero-order valence-corrected chi connectivity index (χ0v) is 20.1. The molecule has 1 fully saturated rings. The maximum absolute atomic E-state index is 13.8. The molecule has 0 unspecified atom stereocenters. The maximum Gasteiger partial charge on any atom is 0.283 e. The van der Waals surface area contributed by atoms with Crippen molar-refractivity contribution in [2.75, 3.05) is 26.3 Å². The molecule has 35 heavy (non-hydrogen) atoms. The standard InChI is InChI=1S/C24H23FN6O3S/c1-14-10-16(15(2)30(14)18-5-3-4-17(25)12-18)11-19-22(26)31-24(27-23(19)33)35-20(28-31)13-21(32)29-6-8-34-9-7-29/h3-5,10-12,26H,6-9,13H2,1-2H3/b19-11-,26-22?. The van der Waals surface area contributed by atoms with Crippen molar-refractivity contribution in [3.8, 4) is 5.69 Å². The van der Waals surface area contributed by atoms with Crippen LogP contribution in [0.4, 0.5) is 4.39 Å². The molecule has 0 spiro atoms. The lowest BCUT2D eigenvalue weighted by molar-refractivity contribution is -0.133. The van der Waals surface area contributed by atoms with Crippen LogP contribution >= 0.6 is 11.8 Å². The number of amides is 2. The SMILES string of the molecule is Cc1cc(/C=C2/C(=N)N3N=C(CC(=O)N4CCOCC4)SC3=NC2=O)c(C)n1-c1cccc(F)c1. The molecule has 1 saturated heterocycles. The van der Waals surface area contributed by atoms with Gasteiger partial charge in [-0.15, -0.1) is 0 Å². The van der Waals surface area contributed by atoms with Crippen molar-refractivity contribution in [3.63, 3.8) is 0 Å². The molecule has 0 atom stereocenters. The van der Waals surface area contributed by atoms with Crippen molar-refractivity contribution < 1.29 is 18.7 Å². The fourth-order valence-corrected chi connectivity index (χ4v) is 5.13. The van der Waals surface area contributed by atoms with Crippen molar-refractivity contribution in [2.45, 2.75) is 20.3 Å². The lowest BCUT2D eigenvalue weighted by Crippen LogP contribution is -2.41. The molecule has 3 aliphatic rings. The van der Waals surface area contributed by atoms with Crippen LogP contribution in [0.5, 0.6) is 0 Å². The first-order chi connectivity index (χ1) is 16.8. The van der Waals surface area contributed by atoms with Crippen LogP contribution in [0, 0.1) is 25.1 Å². The molecule has 1 aromatic carbocycles. The molecule has 180 valence electrons. The van der Waals surface area contributed by atoms with Crippen LogP contribution in [0.15, 0.2) is 46.0 Å². The number of hydrogen-bond acceptors (Lipinski definition) is 6. The summed E-state index contributed by atoms with van der Waals surface area (Å²) >= 11 is 1.13. The van der Waals surface area contributed by atoms with Crippen LogP contribution in [-0.2, 0) is 14.3 Å². The van der Waals surface area contributed by atoms with Crippen LogP contribution in [-0.4, -0.2) is 68.6 Å². The van der Waals surface area contributed by atoms with Gasteiger partial charge >= 0.3 is 0 Å². The predicted octanol–water partition coefficient (Wildman–Crippen LogP) is 3.10. The minimum Gasteiger partial charge on any atom is -0.378 e. The second-order valence-corrected chi connectivity index (χ2v) is 9.37. The molecule has 3 aliphatic heterocycles. The monoisotopic (exact) mass is 494 g/mol. The average Bonchev–Trinajstić information content (AvgIpc) is 3.36. The second kappa shape index (κ2) is 9.23. The molecule has 0 bridgehead atoms. The summed E-state index contributed by atoms with van der Waals surface area (Å²) in [5, 5.41) is 15.1. The second-order valence-electron chi connectivity index (χ2n) is 8.33. The third kappa shape index (κ3) is 4.44.